The fraction of sp³-hybridized carbons (Fsp3) is 0.429. The summed E-state index contributed by atoms with van der Waals surface area (Å²) in [6, 6.07) is 3.78. The largest absolute Gasteiger partial charge is 0.493 e. The van der Waals surface area contributed by atoms with Gasteiger partial charge in [-0.25, -0.2) is 4.39 Å². The first-order valence-electron chi connectivity index (χ1n) is 9.57. The van der Waals surface area contributed by atoms with E-state index < -0.39 is 0 Å². The smallest absolute Gasteiger partial charge is 0.197 e. The van der Waals surface area contributed by atoms with Crippen LogP contribution in [0.4, 0.5) is 4.39 Å². The Morgan fingerprint density at radius 1 is 0.839 bits per heavy atom. The van der Waals surface area contributed by atoms with Gasteiger partial charge in [0.15, 0.2) is 28.8 Å². The Hall–Kier alpha value is -1.64. The molecule has 6 nitrogen and oxygen atoms in total. The van der Waals surface area contributed by atoms with Gasteiger partial charge in [0.1, 0.15) is 0 Å². The number of ether oxygens (including phenoxy) is 4. The molecular formula is C21H26Cl3FN2O4. The maximum Gasteiger partial charge on any atom is 0.197 e. The van der Waals surface area contributed by atoms with Crippen molar-refractivity contribution in [1.29, 1.82) is 0 Å². The van der Waals surface area contributed by atoms with E-state index in [1.165, 1.54) is 7.11 Å². The fourth-order valence-electron chi connectivity index (χ4n) is 3.72. The third-order valence-electron chi connectivity index (χ3n) is 5.22. The van der Waals surface area contributed by atoms with Crippen LogP contribution >= 0.6 is 36.4 Å². The Morgan fingerprint density at radius 2 is 1.35 bits per heavy atom. The average Bonchev–Trinajstić information content (AvgIpc) is 3.39. The molecule has 2 heterocycles. The average molecular weight is 496 g/mol. The van der Waals surface area contributed by atoms with Gasteiger partial charge in [0.25, 0.3) is 0 Å². The number of rotatable bonds is 8. The van der Waals surface area contributed by atoms with E-state index in [0.29, 0.717) is 60.5 Å². The molecule has 0 fully saturated rings. The standard InChI is InChI=1S/C21H24ClFN2O4.2ClH/c1-26-16-6-12-8-24-10-14(12)18(22)20(16)28-4-3-5-29-21-17(27-2)7-13-9-25-11-15(13)19(21)23;;/h6-7,24-25H,3-5,8-11H2,1-2H3;2*1H. The maximum absolute atomic E-state index is 14.8. The summed E-state index contributed by atoms with van der Waals surface area (Å²) >= 11 is 6.51. The van der Waals surface area contributed by atoms with E-state index in [9.17, 15) is 4.39 Å². The highest BCUT2D eigenvalue weighted by Crippen LogP contribution is 2.41. The van der Waals surface area contributed by atoms with Gasteiger partial charge >= 0.3 is 0 Å². The SMILES string of the molecule is COc1cc2c(c(F)c1OCCCOc1c(OC)cc3c(c1Cl)CNC3)CNC2.Cl.Cl. The second-order valence-corrected chi connectivity index (χ2v) is 7.35. The first kappa shape index (κ1) is 25.6. The molecule has 2 aliphatic heterocycles. The molecule has 2 aliphatic rings. The number of benzene rings is 2. The summed E-state index contributed by atoms with van der Waals surface area (Å²) in [6.07, 6.45) is 0.548. The summed E-state index contributed by atoms with van der Waals surface area (Å²) in [5.41, 5.74) is 3.71. The molecule has 0 saturated heterocycles. The third-order valence-corrected chi connectivity index (χ3v) is 5.62. The lowest BCUT2D eigenvalue weighted by atomic mass is 10.1. The van der Waals surface area contributed by atoms with Crippen LogP contribution in [-0.2, 0) is 26.2 Å². The fourth-order valence-corrected chi connectivity index (χ4v) is 4.05. The number of methoxy groups -OCH3 is 2. The second-order valence-electron chi connectivity index (χ2n) is 6.98. The summed E-state index contributed by atoms with van der Waals surface area (Å²) in [6.45, 7) is 3.25. The van der Waals surface area contributed by atoms with Gasteiger partial charge in [-0.1, -0.05) is 11.6 Å². The topological polar surface area (TPSA) is 61.0 Å². The van der Waals surface area contributed by atoms with Crippen LogP contribution in [0.2, 0.25) is 5.02 Å². The molecule has 2 aromatic rings. The molecule has 2 aromatic carbocycles. The zero-order valence-electron chi connectivity index (χ0n) is 17.3. The number of hydrogen-bond acceptors (Lipinski definition) is 6. The number of fused-ring (bicyclic) bond motifs is 2. The second kappa shape index (κ2) is 11.3. The van der Waals surface area contributed by atoms with E-state index in [0.717, 1.165) is 23.2 Å². The summed E-state index contributed by atoms with van der Waals surface area (Å²) in [4.78, 5) is 0. The first-order chi connectivity index (χ1) is 14.1. The van der Waals surface area contributed by atoms with Crippen molar-refractivity contribution < 1.29 is 23.3 Å². The van der Waals surface area contributed by atoms with Crippen molar-refractivity contribution in [3.05, 3.63) is 45.2 Å². The predicted octanol–water partition coefficient (Wildman–Crippen LogP) is 4.39. The van der Waals surface area contributed by atoms with Crippen molar-refractivity contribution >= 4 is 36.4 Å². The zero-order chi connectivity index (χ0) is 20.4. The molecule has 31 heavy (non-hydrogen) atoms. The van der Waals surface area contributed by atoms with Crippen molar-refractivity contribution in [3.8, 4) is 23.0 Å². The molecule has 0 aromatic heterocycles. The molecule has 0 bridgehead atoms. The first-order valence-corrected chi connectivity index (χ1v) is 9.95. The Balaban J connectivity index is 0.00000171. The van der Waals surface area contributed by atoms with Gasteiger partial charge in [-0.05, 0) is 28.8 Å². The van der Waals surface area contributed by atoms with Crippen molar-refractivity contribution in [2.75, 3.05) is 27.4 Å². The third kappa shape index (κ3) is 5.07. The molecule has 0 radical (unpaired) electrons. The monoisotopic (exact) mass is 494 g/mol. The van der Waals surface area contributed by atoms with Crippen molar-refractivity contribution in [2.24, 2.45) is 0 Å². The van der Waals surface area contributed by atoms with Gasteiger partial charge < -0.3 is 29.6 Å². The van der Waals surface area contributed by atoms with E-state index in [1.54, 1.807) is 7.11 Å². The van der Waals surface area contributed by atoms with Gasteiger partial charge in [-0.2, -0.15) is 0 Å². The minimum Gasteiger partial charge on any atom is -0.493 e. The highest BCUT2D eigenvalue weighted by molar-refractivity contribution is 6.33. The molecular weight excluding hydrogens is 470 g/mol. The van der Waals surface area contributed by atoms with Gasteiger partial charge in [-0.15, -0.1) is 24.8 Å². The highest BCUT2D eigenvalue weighted by Gasteiger charge is 2.24. The Morgan fingerprint density at radius 3 is 1.97 bits per heavy atom. The minimum absolute atomic E-state index is 0. The van der Waals surface area contributed by atoms with Crippen LogP contribution in [0.25, 0.3) is 0 Å². The van der Waals surface area contributed by atoms with E-state index in [-0.39, 0.29) is 43.0 Å². The highest BCUT2D eigenvalue weighted by atomic mass is 35.5. The van der Waals surface area contributed by atoms with Crippen LogP contribution < -0.4 is 29.6 Å². The molecule has 0 amide bonds. The van der Waals surface area contributed by atoms with Gasteiger partial charge in [0.05, 0.1) is 32.5 Å². The Bertz CT molecular complexity index is 857. The van der Waals surface area contributed by atoms with Crippen LogP contribution in [0.3, 0.4) is 0 Å². The molecule has 10 heteroatoms. The van der Waals surface area contributed by atoms with Gasteiger partial charge in [0, 0.05) is 38.2 Å². The molecule has 0 spiro atoms. The lowest BCUT2D eigenvalue weighted by molar-refractivity contribution is 0.228. The minimum atomic E-state index is -0.360. The van der Waals surface area contributed by atoms with Crippen LogP contribution in [0.1, 0.15) is 28.7 Å². The summed E-state index contributed by atoms with van der Waals surface area (Å²) < 4.78 is 37.1. The number of nitrogens with one attached hydrogen (secondary N) is 2. The summed E-state index contributed by atoms with van der Waals surface area (Å²) in [5, 5.41) is 6.98. The number of halogens is 4. The molecule has 0 atom stereocenters. The Kier molecular flexibility index (Phi) is 9.33. The molecule has 0 unspecified atom stereocenters. The van der Waals surface area contributed by atoms with E-state index in [2.05, 4.69) is 10.6 Å². The molecule has 0 aliphatic carbocycles. The summed E-state index contributed by atoms with van der Waals surface area (Å²) in [7, 11) is 3.10. The van der Waals surface area contributed by atoms with Crippen LogP contribution in [0.5, 0.6) is 23.0 Å². The Labute approximate surface area is 198 Å². The van der Waals surface area contributed by atoms with Crippen LogP contribution in [-0.4, -0.2) is 27.4 Å². The quantitative estimate of drug-likeness (QED) is 0.530. The van der Waals surface area contributed by atoms with Gasteiger partial charge in [-0.3, -0.25) is 0 Å². The molecule has 172 valence electrons. The van der Waals surface area contributed by atoms with E-state index in [4.69, 9.17) is 30.5 Å². The number of hydrogen-bond donors (Lipinski definition) is 2. The molecule has 2 N–H and O–H groups in total. The maximum atomic E-state index is 14.8. The zero-order valence-corrected chi connectivity index (χ0v) is 19.7. The van der Waals surface area contributed by atoms with E-state index in [1.807, 2.05) is 12.1 Å². The van der Waals surface area contributed by atoms with Crippen molar-refractivity contribution in [3.63, 3.8) is 0 Å². The van der Waals surface area contributed by atoms with Crippen molar-refractivity contribution in [2.45, 2.75) is 32.6 Å². The predicted molar refractivity (Wildman–Crippen MR) is 122 cm³/mol. The lowest BCUT2D eigenvalue weighted by Crippen LogP contribution is -2.09. The van der Waals surface area contributed by atoms with Crippen LogP contribution in [0, 0.1) is 5.82 Å². The van der Waals surface area contributed by atoms with E-state index >= 15 is 0 Å². The van der Waals surface area contributed by atoms with Crippen molar-refractivity contribution in [1.82, 2.24) is 10.6 Å². The molecule has 0 saturated carbocycles. The molecule has 4 rings (SSSR count). The lowest BCUT2D eigenvalue weighted by Gasteiger charge is -2.16. The van der Waals surface area contributed by atoms with Gasteiger partial charge in [0.2, 0.25) is 0 Å². The van der Waals surface area contributed by atoms with Crippen LogP contribution in [0.15, 0.2) is 12.1 Å². The summed E-state index contributed by atoms with van der Waals surface area (Å²) in [5.74, 6) is 1.33. The normalized spacial score (nSPS) is 13.5.